The Balaban J connectivity index is 1.86. The first-order valence-corrected chi connectivity index (χ1v) is 8.28. The normalized spacial score (nSPS) is 13.0. The van der Waals surface area contributed by atoms with Crippen molar-refractivity contribution in [2.45, 2.75) is 26.2 Å². The zero-order valence-corrected chi connectivity index (χ0v) is 14.7. The lowest BCUT2D eigenvalue weighted by atomic mass is 10.1. The summed E-state index contributed by atoms with van der Waals surface area (Å²) in [4.78, 5) is 33.9. The average Bonchev–Trinajstić information content (AvgIpc) is 2.98. The zero-order chi connectivity index (χ0) is 18.1. The molecule has 7 nitrogen and oxygen atoms in total. The van der Waals surface area contributed by atoms with E-state index in [0.717, 1.165) is 12.0 Å². The summed E-state index contributed by atoms with van der Waals surface area (Å²) in [6.45, 7) is 4.41. The van der Waals surface area contributed by atoms with Crippen molar-refractivity contribution < 1.29 is 9.59 Å². The largest absolute Gasteiger partial charge is 0.351 e. The van der Waals surface area contributed by atoms with Gasteiger partial charge < -0.3 is 11.1 Å². The van der Waals surface area contributed by atoms with Crippen molar-refractivity contribution in [3.8, 4) is 0 Å². The smallest absolute Gasteiger partial charge is 0.319 e. The fourth-order valence-corrected chi connectivity index (χ4v) is 2.87. The van der Waals surface area contributed by atoms with Gasteiger partial charge >= 0.3 is 6.03 Å². The summed E-state index contributed by atoms with van der Waals surface area (Å²) in [6.07, 6.45) is 2.16. The van der Waals surface area contributed by atoms with Gasteiger partial charge in [0.2, 0.25) is 0 Å². The van der Waals surface area contributed by atoms with Crippen LogP contribution in [0.4, 0.5) is 16.2 Å². The van der Waals surface area contributed by atoms with Gasteiger partial charge in [-0.05, 0) is 24.1 Å². The lowest BCUT2D eigenvalue weighted by molar-refractivity contribution is 0.102. The second-order valence-corrected chi connectivity index (χ2v) is 6.52. The molecule has 1 aromatic carbocycles. The SMILES string of the molecule is CC(C)c1ncc(Cl)c(C(=O)Nc2ccc3c(c2)N(C(N)=O)CC3)n1. The van der Waals surface area contributed by atoms with Crippen molar-refractivity contribution in [2.75, 3.05) is 16.8 Å². The predicted molar refractivity (Wildman–Crippen MR) is 96.2 cm³/mol. The number of urea groups is 1. The number of carbonyl (C=O) groups is 2. The van der Waals surface area contributed by atoms with Crippen LogP contribution in [0.25, 0.3) is 0 Å². The molecule has 0 saturated carbocycles. The molecule has 1 aliphatic rings. The van der Waals surface area contributed by atoms with Crippen LogP contribution >= 0.6 is 11.6 Å². The van der Waals surface area contributed by atoms with Gasteiger partial charge in [0, 0.05) is 18.2 Å². The van der Waals surface area contributed by atoms with Crippen molar-refractivity contribution >= 4 is 34.9 Å². The number of halogens is 1. The Bertz CT molecular complexity index is 853. The minimum atomic E-state index is -0.511. The maximum absolute atomic E-state index is 12.5. The molecule has 1 aromatic heterocycles. The van der Waals surface area contributed by atoms with Crippen LogP contribution in [0.2, 0.25) is 5.02 Å². The van der Waals surface area contributed by atoms with E-state index in [-0.39, 0.29) is 16.6 Å². The molecule has 0 aliphatic carbocycles. The minimum Gasteiger partial charge on any atom is -0.351 e. The molecule has 1 aliphatic heterocycles. The molecule has 2 aromatic rings. The topological polar surface area (TPSA) is 101 Å². The number of aromatic nitrogens is 2. The number of nitrogens with zero attached hydrogens (tertiary/aromatic N) is 3. The van der Waals surface area contributed by atoms with E-state index in [2.05, 4.69) is 15.3 Å². The summed E-state index contributed by atoms with van der Waals surface area (Å²) in [6, 6.07) is 4.86. The van der Waals surface area contributed by atoms with Crippen LogP contribution in [-0.2, 0) is 6.42 Å². The first kappa shape index (κ1) is 17.2. The highest BCUT2D eigenvalue weighted by atomic mass is 35.5. The Hall–Kier alpha value is -2.67. The molecule has 130 valence electrons. The number of hydrogen-bond donors (Lipinski definition) is 2. The quantitative estimate of drug-likeness (QED) is 0.879. The number of nitrogens with two attached hydrogens (primary N) is 1. The number of amides is 3. The lowest BCUT2D eigenvalue weighted by Crippen LogP contribution is -2.34. The molecule has 8 heteroatoms. The number of hydrogen-bond acceptors (Lipinski definition) is 4. The van der Waals surface area contributed by atoms with Gasteiger partial charge in [0.1, 0.15) is 5.82 Å². The van der Waals surface area contributed by atoms with Gasteiger partial charge in [-0.2, -0.15) is 0 Å². The molecule has 0 bridgehead atoms. The minimum absolute atomic E-state index is 0.0768. The molecular formula is C17H18ClN5O2. The highest BCUT2D eigenvalue weighted by molar-refractivity contribution is 6.33. The summed E-state index contributed by atoms with van der Waals surface area (Å²) in [5.74, 6) is 0.189. The maximum Gasteiger partial charge on any atom is 0.319 e. The highest BCUT2D eigenvalue weighted by Crippen LogP contribution is 2.31. The Labute approximate surface area is 150 Å². The van der Waals surface area contributed by atoms with Gasteiger partial charge in [0.25, 0.3) is 5.91 Å². The number of primary amides is 1. The molecular weight excluding hydrogens is 342 g/mol. The molecule has 0 saturated heterocycles. The number of anilines is 2. The summed E-state index contributed by atoms with van der Waals surface area (Å²) >= 11 is 6.07. The number of carbonyl (C=O) groups excluding carboxylic acids is 2. The van der Waals surface area contributed by atoms with Crippen molar-refractivity contribution in [3.63, 3.8) is 0 Å². The molecule has 0 spiro atoms. The Kier molecular flexibility index (Phi) is 4.59. The van der Waals surface area contributed by atoms with Crippen molar-refractivity contribution in [3.05, 3.63) is 46.5 Å². The molecule has 0 fully saturated rings. The summed E-state index contributed by atoms with van der Waals surface area (Å²) in [5, 5.41) is 2.94. The standard InChI is InChI=1S/C17H18ClN5O2/c1-9(2)15-20-8-12(18)14(22-15)16(24)21-11-4-3-10-5-6-23(17(19)25)13(10)7-11/h3-4,7-9H,5-6H2,1-2H3,(H2,19,25)(H,21,24). The van der Waals surface area contributed by atoms with E-state index in [4.69, 9.17) is 17.3 Å². The number of nitrogens with one attached hydrogen (secondary N) is 1. The zero-order valence-electron chi connectivity index (χ0n) is 13.9. The van der Waals surface area contributed by atoms with Crippen LogP contribution in [0, 0.1) is 0 Å². The van der Waals surface area contributed by atoms with Crippen LogP contribution in [-0.4, -0.2) is 28.5 Å². The van der Waals surface area contributed by atoms with Crippen molar-refractivity contribution in [1.82, 2.24) is 9.97 Å². The van der Waals surface area contributed by atoms with Crippen molar-refractivity contribution in [2.24, 2.45) is 5.73 Å². The van der Waals surface area contributed by atoms with E-state index >= 15 is 0 Å². The average molecular weight is 360 g/mol. The van der Waals surface area contributed by atoms with Gasteiger partial charge in [-0.25, -0.2) is 14.8 Å². The second-order valence-electron chi connectivity index (χ2n) is 6.12. The summed E-state index contributed by atoms with van der Waals surface area (Å²) in [7, 11) is 0. The monoisotopic (exact) mass is 359 g/mol. The van der Waals surface area contributed by atoms with Gasteiger partial charge in [-0.15, -0.1) is 0 Å². The molecule has 2 heterocycles. The number of rotatable bonds is 3. The molecule has 3 rings (SSSR count). The Morgan fingerprint density at radius 1 is 1.36 bits per heavy atom. The summed E-state index contributed by atoms with van der Waals surface area (Å²) < 4.78 is 0. The van der Waals surface area contributed by atoms with E-state index in [9.17, 15) is 9.59 Å². The molecule has 3 amide bonds. The molecule has 25 heavy (non-hydrogen) atoms. The van der Waals surface area contributed by atoms with Crippen LogP contribution < -0.4 is 16.0 Å². The molecule has 0 radical (unpaired) electrons. The van der Waals surface area contributed by atoms with E-state index in [1.54, 1.807) is 12.1 Å². The van der Waals surface area contributed by atoms with Crippen LogP contribution in [0.15, 0.2) is 24.4 Å². The third-order valence-corrected chi connectivity index (χ3v) is 4.28. The van der Waals surface area contributed by atoms with E-state index in [1.807, 2.05) is 19.9 Å². The lowest BCUT2D eigenvalue weighted by Gasteiger charge is -2.15. The Morgan fingerprint density at radius 3 is 2.80 bits per heavy atom. The first-order valence-electron chi connectivity index (χ1n) is 7.90. The van der Waals surface area contributed by atoms with E-state index in [0.29, 0.717) is 23.7 Å². The first-order chi connectivity index (χ1) is 11.9. The number of fused-ring (bicyclic) bond motifs is 1. The van der Waals surface area contributed by atoms with E-state index < -0.39 is 11.9 Å². The highest BCUT2D eigenvalue weighted by Gasteiger charge is 2.23. The van der Waals surface area contributed by atoms with Gasteiger partial charge in [-0.3, -0.25) is 9.69 Å². The molecule has 0 atom stereocenters. The predicted octanol–water partition coefficient (Wildman–Crippen LogP) is 2.95. The van der Waals surface area contributed by atoms with Crippen LogP contribution in [0.5, 0.6) is 0 Å². The molecule has 3 N–H and O–H groups in total. The van der Waals surface area contributed by atoms with Gasteiger partial charge in [0.05, 0.1) is 16.9 Å². The third kappa shape index (κ3) is 3.41. The maximum atomic E-state index is 12.5. The van der Waals surface area contributed by atoms with Crippen molar-refractivity contribution in [1.29, 1.82) is 0 Å². The van der Waals surface area contributed by atoms with E-state index in [1.165, 1.54) is 11.1 Å². The fourth-order valence-electron chi connectivity index (χ4n) is 2.69. The second kappa shape index (κ2) is 6.68. The fraction of sp³-hybridized carbons (Fsp3) is 0.294. The summed E-state index contributed by atoms with van der Waals surface area (Å²) in [5.41, 5.74) is 7.77. The van der Waals surface area contributed by atoms with Crippen LogP contribution in [0.1, 0.15) is 41.6 Å². The van der Waals surface area contributed by atoms with Gasteiger partial charge in [0.15, 0.2) is 5.69 Å². The van der Waals surface area contributed by atoms with Gasteiger partial charge in [-0.1, -0.05) is 31.5 Å². The third-order valence-electron chi connectivity index (χ3n) is 4.00. The molecule has 0 unspecified atom stereocenters. The Morgan fingerprint density at radius 2 is 2.12 bits per heavy atom. The van der Waals surface area contributed by atoms with Crippen LogP contribution in [0.3, 0.4) is 0 Å². The number of benzene rings is 1.